The zero-order valence-electron chi connectivity index (χ0n) is 12.0. The van der Waals surface area contributed by atoms with Crippen molar-refractivity contribution in [2.24, 2.45) is 0 Å². The molecule has 4 aromatic rings. The van der Waals surface area contributed by atoms with Crippen molar-refractivity contribution < 1.29 is 9.15 Å². The summed E-state index contributed by atoms with van der Waals surface area (Å²) < 4.78 is 10.9. The Morgan fingerprint density at radius 2 is 2.05 bits per heavy atom. The zero-order chi connectivity index (χ0) is 14.9. The van der Waals surface area contributed by atoms with E-state index in [1.807, 2.05) is 24.3 Å². The third-order valence-corrected chi connectivity index (χ3v) is 3.72. The maximum Gasteiger partial charge on any atom is 0.154 e. The van der Waals surface area contributed by atoms with Crippen LogP contribution < -0.4 is 10.1 Å². The molecule has 0 fully saturated rings. The molecule has 2 aromatic carbocycles. The molecule has 0 radical (unpaired) electrons. The highest BCUT2D eigenvalue weighted by molar-refractivity contribution is 5.94. The van der Waals surface area contributed by atoms with E-state index in [0.717, 1.165) is 38.9 Å². The van der Waals surface area contributed by atoms with Gasteiger partial charge < -0.3 is 14.5 Å². The molecule has 0 saturated heterocycles. The first-order valence-electron chi connectivity index (χ1n) is 7.00. The highest BCUT2D eigenvalue weighted by Gasteiger charge is 2.07. The lowest BCUT2D eigenvalue weighted by Gasteiger charge is -2.08. The number of aromatic nitrogens is 1. The van der Waals surface area contributed by atoms with E-state index in [2.05, 4.69) is 28.5 Å². The van der Waals surface area contributed by atoms with Gasteiger partial charge in [0, 0.05) is 22.7 Å². The summed E-state index contributed by atoms with van der Waals surface area (Å²) in [4.78, 5) is 4.06. The summed E-state index contributed by atoms with van der Waals surface area (Å²) in [7, 11) is 1.69. The van der Waals surface area contributed by atoms with Gasteiger partial charge >= 0.3 is 0 Å². The Kier molecular flexibility index (Phi) is 2.93. The number of ether oxygens (including phenoxy) is 1. The number of furan rings is 1. The fourth-order valence-electron chi connectivity index (χ4n) is 2.64. The van der Waals surface area contributed by atoms with E-state index in [1.54, 1.807) is 25.8 Å². The van der Waals surface area contributed by atoms with Gasteiger partial charge in [-0.15, -0.1) is 0 Å². The highest BCUT2D eigenvalue weighted by Crippen LogP contribution is 2.31. The number of methoxy groups -OCH3 is 1. The number of anilines is 2. The summed E-state index contributed by atoms with van der Waals surface area (Å²) in [6.45, 7) is 0. The van der Waals surface area contributed by atoms with Crippen LogP contribution in [0.4, 0.5) is 11.4 Å². The monoisotopic (exact) mass is 290 g/mol. The minimum absolute atomic E-state index is 0.771. The Hall–Kier alpha value is -3.01. The fourth-order valence-corrected chi connectivity index (χ4v) is 2.64. The number of benzene rings is 2. The van der Waals surface area contributed by atoms with Crippen molar-refractivity contribution in [3.05, 3.63) is 61.1 Å². The summed E-state index contributed by atoms with van der Waals surface area (Å²) in [6.07, 6.45) is 5.18. The van der Waals surface area contributed by atoms with Crippen molar-refractivity contribution in [2.75, 3.05) is 12.4 Å². The van der Waals surface area contributed by atoms with Crippen LogP contribution in [0, 0.1) is 0 Å². The van der Waals surface area contributed by atoms with Crippen LogP contribution in [0.15, 0.2) is 65.5 Å². The van der Waals surface area contributed by atoms with Crippen LogP contribution in [0.25, 0.3) is 21.7 Å². The Morgan fingerprint density at radius 1 is 1.09 bits per heavy atom. The average molecular weight is 290 g/mol. The normalized spacial score (nSPS) is 11.0. The van der Waals surface area contributed by atoms with Crippen LogP contribution in [-0.4, -0.2) is 12.1 Å². The zero-order valence-corrected chi connectivity index (χ0v) is 12.0. The van der Waals surface area contributed by atoms with Gasteiger partial charge in [-0.3, -0.25) is 4.98 Å². The third-order valence-electron chi connectivity index (χ3n) is 3.72. The summed E-state index contributed by atoms with van der Waals surface area (Å²) in [5.74, 6) is 0.879. The average Bonchev–Trinajstić information content (AvgIpc) is 2.97. The molecule has 4 nitrogen and oxygen atoms in total. The molecule has 0 aliphatic heterocycles. The van der Waals surface area contributed by atoms with Crippen molar-refractivity contribution >= 4 is 33.1 Å². The first-order chi connectivity index (χ1) is 10.8. The van der Waals surface area contributed by atoms with Crippen LogP contribution in [0.5, 0.6) is 5.75 Å². The number of nitrogens with zero attached hydrogens (tertiary/aromatic N) is 1. The standard InChI is InChI=1S/C18H14N2O2/c1-21-17-4-2-3-12-9-13(5-6-14(12)17)20-16-11-22-18-10-19-8-7-15(16)18/h2-11,20H,1H3. The molecule has 0 spiro atoms. The van der Waals surface area contributed by atoms with Gasteiger partial charge in [0.05, 0.1) is 19.0 Å². The van der Waals surface area contributed by atoms with Crippen LogP contribution in [0.3, 0.4) is 0 Å². The summed E-state index contributed by atoms with van der Waals surface area (Å²) >= 11 is 0. The third kappa shape index (κ3) is 2.05. The van der Waals surface area contributed by atoms with E-state index < -0.39 is 0 Å². The van der Waals surface area contributed by atoms with Crippen LogP contribution in [0.2, 0.25) is 0 Å². The smallest absolute Gasteiger partial charge is 0.154 e. The molecule has 4 rings (SSSR count). The SMILES string of the molecule is COc1cccc2cc(Nc3coc4cnccc34)ccc12. The maximum absolute atomic E-state index is 5.50. The van der Waals surface area contributed by atoms with Gasteiger partial charge in [-0.2, -0.15) is 0 Å². The quantitative estimate of drug-likeness (QED) is 0.592. The molecular weight excluding hydrogens is 276 g/mol. The van der Waals surface area contributed by atoms with Crippen molar-refractivity contribution in [1.82, 2.24) is 4.98 Å². The number of hydrogen-bond donors (Lipinski definition) is 1. The molecule has 0 amide bonds. The molecule has 22 heavy (non-hydrogen) atoms. The number of rotatable bonds is 3. The Labute approximate surface area is 127 Å². The molecule has 4 heteroatoms. The van der Waals surface area contributed by atoms with Crippen LogP contribution >= 0.6 is 0 Å². The van der Waals surface area contributed by atoms with Gasteiger partial charge in [0.25, 0.3) is 0 Å². The number of fused-ring (bicyclic) bond motifs is 2. The Bertz CT molecular complexity index is 960. The number of pyridine rings is 1. The second-order valence-corrected chi connectivity index (χ2v) is 5.04. The molecule has 108 valence electrons. The molecule has 0 aliphatic rings. The summed E-state index contributed by atoms with van der Waals surface area (Å²) in [5, 5.41) is 6.63. The molecule has 2 aromatic heterocycles. The van der Waals surface area contributed by atoms with Crippen molar-refractivity contribution in [2.45, 2.75) is 0 Å². The van der Waals surface area contributed by atoms with Crippen LogP contribution in [0.1, 0.15) is 0 Å². The molecule has 2 heterocycles. The molecule has 0 bridgehead atoms. The predicted molar refractivity (Wildman–Crippen MR) is 87.8 cm³/mol. The van der Waals surface area contributed by atoms with Crippen molar-refractivity contribution in [3.63, 3.8) is 0 Å². The molecule has 0 saturated carbocycles. The van der Waals surface area contributed by atoms with Gasteiger partial charge in [-0.25, -0.2) is 0 Å². The van der Waals surface area contributed by atoms with E-state index in [4.69, 9.17) is 9.15 Å². The highest BCUT2D eigenvalue weighted by atomic mass is 16.5. The number of nitrogens with one attached hydrogen (secondary N) is 1. The first kappa shape index (κ1) is 12.7. The lowest BCUT2D eigenvalue weighted by Crippen LogP contribution is -1.90. The second kappa shape index (κ2) is 5.07. The largest absolute Gasteiger partial charge is 0.496 e. The van der Waals surface area contributed by atoms with E-state index in [0.29, 0.717) is 0 Å². The summed E-state index contributed by atoms with van der Waals surface area (Å²) in [6, 6.07) is 14.1. The lowest BCUT2D eigenvalue weighted by molar-refractivity contribution is 0.420. The maximum atomic E-state index is 5.50. The lowest BCUT2D eigenvalue weighted by atomic mass is 10.1. The Morgan fingerprint density at radius 3 is 2.95 bits per heavy atom. The topological polar surface area (TPSA) is 47.3 Å². The van der Waals surface area contributed by atoms with Crippen molar-refractivity contribution in [1.29, 1.82) is 0 Å². The molecule has 1 N–H and O–H groups in total. The van der Waals surface area contributed by atoms with Gasteiger partial charge in [-0.05, 0) is 35.7 Å². The predicted octanol–water partition coefficient (Wildman–Crippen LogP) is 4.73. The van der Waals surface area contributed by atoms with Gasteiger partial charge in [-0.1, -0.05) is 12.1 Å². The fraction of sp³-hybridized carbons (Fsp3) is 0.0556. The molecule has 0 aliphatic carbocycles. The minimum Gasteiger partial charge on any atom is -0.496 e. The van der Waals surface area contributed by atoms with Crippen molar-refractivity contribution in [3.8, 4) is 5.75 Å². The first-order valence-corrected chi connectivity index (χ1v) is 7.00. The minimum atomic E-state index is 0.771. The molecular formula is C18H14N2O2. The van der Waals surface area contributed by atoms with Gasteiger partial charge in [0.15, 0.2) is 5.58 Å². The van der Waals surface area contributed by atoms with E-state index >= 15 is 0 Å². The van der Waals surface area contributed by atoms with E-state index in [1.165, 1.54) is 0 Å². The van der Waals surface area contributed by atoms with E-state index in [9.17, 15) is 0 Å². The summed E-state index contributed by atoms with van der Waals surface area (Å²) in [5.41, 5.74) is 2.70. The van der Waals surface area contributed by atoms with Crippen LogP contribution in [-0.2, 0) is 0 Å². The molecule has 0 unspecified atom stereocenters. The number of hydrogen-bond acceptors (Lipinski definition) is 4. The second-order valence-electron chi connectivity index (χ2n) is 5.04. The Balaban J connectivity index is 1.75. The van der Waals surface area contributed by atoms with Gasteiger partial charge in [0.2, 0.25) is 0 Å². The molecule has 0 atom stereocenters. The van der Waals surface area contributed by atoms with Gasteiger partial charge in [0.1, 0.15) is 12.0 Å². The van der Waals surface area contributed by atoms with E-state index in [-0.39, 0.29) is 0 Å².